The molecule has 3 aromatic rings. The lowest BCUT2D eigenvalue weighted by molar-refractivity contribution is 1.18. The van der Waals surface area contributed by atoms with Crippen molar-refractivity contribution in [1.29, 1.82) is 0 Å². The largest absolute Gasteiger partial charge is 0.368 e. The highest BCUT2D eigenvalue weighted by Crippen LogP contribution is 2.35. The van der Waals surface area contributed by atoms with Crippen LogP contribution >= 0.6 is 22.7 Å². The van der Waals surface area contributed by atoms with Gasteiger partial charge in [0, 0.05) is 6.20 Å². The Kier molecular flexibility index (Phi) is 2.81. The number of thiophene rings is 1. The van der Waals surface area contributed by atoms with E-state index in [1.807, 2.05) is 19.1 Å². The zero-order valence-electron chi connectivity index (χ0n) is 9.62. The minimum Gasteiger partial charge on any atom is -0.368 e. The lowest BCUT2D eigenvalue weighted by Gasteiger charge is -1.97. The summed E-state index contributed by atoms with van der Waals surface area (Å²) in [6, 6.07) is 5.95. The molecular weight excluding hydrogens is 264 g/mol. The van der Waals surface area contributed by atoms with Crippen molar-refractivity contribution in [3.63, 3.8) is 0 Å². The van der Waals surface area contributed by atoms with E-state index in [4.69, 9.17) is 5.73 Å². The summed E-state index contributed by atoms with van der Waals surface area (Å²) in [5, 5.41) is 3.07. The van der Waals surface area contributed by atoms with E-state index >= 15 is 0 Å². The van der Waals surface area contributed by atoms with E-state index in [9.17, 15) is 0 Å². The topological polar surface area (TPSA) is 64.7 Å². The number of nitrogens with two attached hydrogens (primary N) is 1. The number of anilines is 1. The van der Waals surface area contributed by atoms with Gasteiger partial charge in [-0.15, -0.1) is 22.7 Å². The van der Waals surface area contributed by atoms with Crippen molar-refractivity contribution in [2.45, 2.75) is 6.92 Å². The van der Waals surface area contributed by atoms with Crippen LogP contribution in [0.3, 0.4) is 0 Å². The van der Waals surface area contributed by atoms with Gasteiger partial charge in [0.25, 0.3) is 0 Å². The Morgan fingerprint density at radius 1 is 1.22 bits per heavy atom. The van der Waals surface area contributed by atoms with E-state index in [1.54, 1.807) is 28.9 Å². The van der Waals surface area contributed by atoms with Crippen LogP contribution < -0.4 is 5.73 Å². The third-order valence-electron chi connectivity index (χ3n) is 2.44. The number of hydrogen-bond donors (Lipinski definition) is 1. The first kappa shape index (κ1) is 11.3. The van der Waals surface area contributed by atoms with Crippen LogP contribution in [0.1, 0.15) is 5.69 Å². The molecule has 0 aliphatic carbocycles. The fourth-order valence-electron chi connectivity index (χ4n) is 1.64. The zero-order chi connectivity index (χ0) is 12.5. The van der Waals surface area contributed by atoms with Crippen molar-refractivity contribution in [3.8, 4) is 20.5 Å². The summed E-state index contributed by atoms with van der Waals surface area (Å²) in [4.78, 5) is 15.0. The van der Waals surface area contributed by atoms with Gasteiger partial charge < -0.3 is 5.73 Å². The number of nitrogens with zero attached hydrogens (tertiary/aromatic N) is 3. The first-order valence-electron chi connectivity index (χ1n) is 5.34. The Morgan fingerprint density at radius 3 is 2.83 bits per heavy atom. The van der Waals surface area contributed by atoms with Crippen molar-refractivity contribution in [3.05, 3.63) is 35.5 Å². The second-order valence-corrected chi connectivity index (χ2v) is 5.66. The van der Waals surface area contributed by atoms with Gasteiger partial charge in [-0.25, -0.2) is 15.0 Å². The van der Waals surface area contributed by atoms with Gasteiger partial charge in [-0.05, 0) is 24.4 Å². The lowest BCUT2D eigenvalue weighted by atomic mass is 10.3. The molecule has 0 aliphatic heterocycles. The highest BCUT2D eigenvalue weighted by Gasteiger charge is 2.13. The smallest absolute Gasteiger partial charge is 0.220 e. The SMILES string of the molecule is Cc1nc(-c2cccs2)sc1-c1ccnc(N)n1. The summed E-state index contributed by atoms with van der Waals surface area (Å²) < 4.78 is 0. The second-order valence-electron chi connectivity index (χ2n) is 3.71. The number of nitrogen functional groups attached to an aromatic ring is 1. The van der Waals surface area contributed by atoms with Crippen molar-refractivity contribution in [2.24, 2.45) is 0 Å². The van der Waals surface area contributed by atoms with Crippen molar-refractivity contribution >= 4 is 28.6 Å². The molecule has 0 bridgehead atoms. The quantitative estimate of drug-likeness (QED) is 0.779. The first-order chi connectivity index (χ1) is 8.74. The maximum absolute atomic E-state index is 5.61. The van der Waals surface area contributed by atoms with Gasteiger partial charge in [-0.1, -0.05) is 6.07 Å². The van der Waals surface area contributed by atoms with Crippen LogP contribution in [0.25, 0.3) is 20.5 Å². The molecule has 0 aromatic carbocycles. The Hall–Kier alpha value is -1.79. The molecule has 18 heavy (non-hydrogen) atoms. The van der Waals surface area contributed by atoms with Crippen molar-refractivity contribution < 1.29 is 0 Å². The fraction of sp³-hybridized carbons (Fsp3) is 0.0833. The average Bonchev–Trinajstić information content (AvgIpc) is 2.97. The van der Waals surface area contributed by atoms with Crippen molar-refractivity contribution in [2.75, 3.05) is 5.73 Å². The van der Waals surface area contributed by atoms with E-state index in [0.29, 0.717) is 0 Å². The summed E-state index contributed by atoms with van der Waals surface area (Å²) in [5.41, 5.74) is 7.42. The van der Waals surface area contributed by atoms with Crippen LogP contribution in [0, 0.1) is 6.92 Å². The van der Waals surface area contributed by atoms with Gasteiger partial charge in [0.05, 0.1) is 21.1 Å². The normalized spacial score (nSPS) is 10.7. The molecule has 0 amide bonds. The van der Waals surface area contributed by atoms with Gasteiger partial charge in [-0.3, -0.25) is 0 Å². The molecule has 3 heterocycles. The number of hydrogen-bond acceptors (Lipinski definition) is 6. The Morgan fingerprint density at radius 2 is 2.11 bits per heavy atom. The molecule has 0 aliphatic rings. The third kappa shape index (κ3) is 2.00. The zero-order valence-corrected chi connectivity index (χ0v) is 11.3. The number of thiazole rings is 1. The summed E-state index contributed by atoms with van der Waals surface area (Å²) in [7, 11) is 0. The molecular formula is C12H10N4S2. The number of aryl methyl sites for hydroxylation is 1. The predicted molar refractivity (Wildman–Crippen MR) is 75.6 cm³/mol. The second kappa shape index (κ2) is 4.47. The van der Waals surface area contributed by atoms with Crippen LogP contribution in [0.2, 0.25) is 0 Å². The Labute approximate surface area is 112 Å². The maximum Gasteiger partial charge on any atom is 0.220 e. The molecule has 0 saturated heterocycles. The van der Waals surface area contributed by atoms with E-state index in [2.05, 4.69) is 26.4 Å². The molecule has 6 heteroatoms. The molecule has 0 radical (unpaired) electrons. The highest BCUT2D eigenvalue weighted by atomic mass is 32.1. The Bertz CT molecular complexity index is 673. The molecule has 4 nitrogen and oxygen atoms in total. The summed E-state index contributed by atoms with van der Waals surface area (Å²) in [6.07, 6.45) is 1.67. The minimum absolute atomic E-state index is 0.290. The van der Waals surface area contributed by atoms with Crippen LogP contribution in [-0.2, 0) is 0 Å². The van der Waals surface area contributed by atoms with Crippen LogP contribution in [0.4, 0.5) is 5.95 Å². The summed E-state index contributed by atoms with van der Waals surface area (Å²) in [6.45, 7) is 1.99. The van der Waals surface area contributed by atoms with Gasteiger partial charge >= 0.3 is 0 Å². The molecule has 2 N–H and O–H groups in total. The molecule has 3 aromatic heterocycles. The molecule has 0 unspecified atom stereocenters. The number of rotatable bonds is 2. The molecule has 0 saturated carbocycles. The van der Waals surface area contributed by atoms with Crippen molar-refractivity contribution in [1.82, 2.24) is 15.0 Å². The third-order valence-corrected chi connectivity index (χ3v) is 4.65. The van der Waals surface area contributed by atoms with Gasteiger partial charge in [0.2, 0.25) is 5.95 Å². The van der Waals surface area contributed by atoms with Gasteiger partial charge in [0.15, 0.2) is 0 Å². The minimum atomic E-state index is 0.290. The molecule has 0 fully saturated rings. The first-order valence-corrected chi connectivity index (χ1v) is 7.04. The standard InChI is InChI=1S/C12H10N4S2/c1-7-10(8-4-5-14-12(13)16-8)18-11(15-7)9-3-2-6-17-9/h2-6H,1H3,(H2,13,14,16). The molecule has 3 rings (SSSR count). The van der Waals surface area contributed by atoms with E-state index in [0.717, 1.165) is 21.3 Å². The maximum atomic E-state index is 5.61. The Balaban J connectivity index is 2.09. The predicted octanol–water partition coefficient (Wildman–Crippen LogP) is 3.22. The molecule has 0 spiro atoms. The van der Waals surface area contributed by atoms with Crippen LogP contribution in [-0.4, -0.2) is 15.0 Å². The molecule has 0 atom stereocenters. The van der Waals surface area contributed by atoms with E-state index in [-0.39, 0.29) is 5.95 Å². The monoisotopic (exact) mass is 274 g/mol. The average molecular weight is 274 g/mol. The molecule has 90 valence electrons. The van der Waals surface area contributed by atoms with Crippen LogP contribution in [0.15, 0.2) is 29.8 Å². The highest BCUT2D eigenvalue weighted by molar-refractivity contribution is 7.23. The van der Waals surface area contributed by atoms with Crippen LogP contribution in [0.5, 0.6) is 0 Å². The number of aromatic nitrogens is 3. The lowest BCUT2D eigenvalue weighted by Crippen LogP contribution is -1.94. The van der Waals surface area contributed by atoms with Gasteiger partial charge in [-0.2, -0.15) is 0 Å². The van der Waals surface area contributed by atoms with E-state index < -0.39 is 0 Å². The summed E-state index contributed by atoms with van der Waals surface area (Å²) in [5.74, 6) is 0.290. The summed E-state index contributed by atoms with van der Waals surface area (Å²) >= 11 is 3.32. The fourth-order valence-corrected chi connectivity index (χ4v) is 3.47. The van der Waals surface area contributed by atoms with E-state index in [1.165, 1.54) is 4.88 Å². The van der Waals surface area contributed by atoms with Gasteiger partial charge in [0.1, 0.15) is 5.01 Å².